The average molecular weight is 197 g/mol. The minimum absolute atomic E-state index is 0.358. The highest BCUT2D eigenvalue weighted by Gasteiger charge is 2.13. The van der Waals surface area contributed by atoms with Crippen LogP contribution < -0.4 is 5.73 Å². The summed E-state index contributed by atoms with van der Waals surface area (Å²) in [5.41, 5.74) is 8.47. The third-order valence-electron chi connectivity index (χ3n) is 2.41. The molecule has 0 radical (unpaired) electrons. The van der Waals surface area contributed by atoms with Crippen LogP contribution in [0.3, 0.4) is 0 Å². The van der Waals surface area contributed by atoms with Gasteiger partial charge in [-0.05, 0) is 16.7 Å². The zero-order valence-corrected chi connectivity index (χ0v) is 8.23. The molecule has 0 spiro atoms. The number of nitrogens with two attached hydrogens (primary N) is 1. The standard InChI is InChI=1S/C13H11NO/c1-9(13(14)15)11-8-7-10-5-3-2-4-6-12(10)11/h2-8H,1H2,(H2,14,15). The number of amides is 1. The number of hydrogen-bond donors (Lipinski definition) is 1. The first-order chi connectivity index (χ1) is 7.20. The Morgan fingerprint density at radius 3 is 2.53 bits per heavy atom. The predicted octanol–water partition coefficient (Wildman–Crippen LogP) is 2.29. The van der Waals surface area contributed by atoms with Crippen molar-refractivity contribution >= 4 is 11.5 Å². The predicted molar refractivity (Wildman–Crippen MR) is 61.3 cm³/mol. The molecule has 2 rings (SSSR count). The summed E-state index contributed by atoms with van der Waals surface area (Å²) in [7, 11) is 0. The maximum absolute atomic E-state index is 11.0. The van der Waals surface area contributed by atoms with Crippen LogP contribution in [0, 0.1) is 0 Å². The van der Waals surface area contributed by atoms with Crippen molar-refractivity contribution < 1.29 is 4.79 Å². The Bertz CT molecular complexity index is 502. The zero-order valence-electron chi connectivity index (χ0n) is 8.23. The molecule has 0 atom stereocenters. The topological polar surface area (TPSA) is 43.1 Å². The smallest absolute Gasteiger partial charge is 0.248 e. The maximum atomic E-state index is 11.0. The molecule has 0 unspecified atom stereocenters. The van der Waals surface area contributed by atoms with E-state index in [1.807, 2.05) is 42.5 Å². The van der Waals surface area contributed by atoms with Crippen molar-refractivity contribution in [3.63, 3.8) is 0 Å². The number of carbonyl (C=O) groups is 1. The second-order valence-electron chi connectivity index (χ2n) is 3.37. The van der Waals surface area contributed by atoms with Gasteiger partial charge in [-0.15, -0.1) is 0 Å². The molecule has 1 amide bonds. The molecule has 0 aromatic carbocycles. The van der Waals surface area contributed by atoms with Gasteiger partial charge >= 0.3 is 0 Å². The molecule has 0 heterocycles. The molecule has 2 heteroatoms. The molecule has 0 bridgehead atoms. The van der Waals surface area contributed by atoms with E-state index < -0.39 is 5.91 Å². The SMILES string of the molecule is C=C(C(N)=O)c1ccc2cccccc1-2. The Hall–Kier alpha value is -2.09. The molecule has 2 aliphatic carbocycles. The van der Waals surface area contributed by atoms with Gasteiger partial charge in [0.25, 0.3) is 0 Å². The van der Waals surface area contributed by atoms with Crippen LogP contribution in [-0.4, -0.2) is 5.91 Å². The number of hydrogen-bond acceptors (Lipinski definition) is 1. The van der Waals surface area contributed by atoms with Crippen LogP contribution in [0.1, 0.15) is 5.56 Å². The van der Waals surface area contributed by atoms with E-state index in [1.54, 1.807) is 0 Å². The second-order valence-corrected chi connectivity index (χ2v) is 3.37. The van der Waals surface area contributed by atoms with Gasteiger partial charge in [-0.1, -0.05) is 49.0 Å². The van der Waals surface area contributed by atoms with Gasteiger partial charge in [-0.25, -0.2) is 0 Å². The lowest BCUT2D eigenvalue weighted by atomic mass is 10.0. The van der Waals surface area contributed by atoms with E-state index in [-0.39, 0.29) is 0 Å². The first-order valence-electron chi connectivity index (χ1n) is 4.67. The van der Waals surface area contributed by atoms with Gasteiger partial charge < -0.3 is 5.73 Å². The first kappa shape index (κ1) is 9.46. The first-order valence-corrected chi connectivity index (χ1v) is 4.67. The van der Waals surface area contributed by atoms with Crippen molar-refractivity contribution in [3.8, 4) is 11.1 Å². The van der Waals surface area contributed by atoms with Crippen LogP contribution in [0.4, 0.5) is 0 Å². The zero-order chi connectivity index (χ0) is 10.8. The number of primary amides is 1. The molecular weight excluding hydrogens is 186 g/mol. The molecule has 0 saturated heterocycles. The Kier molecular flexibility index (Phi) is 2.26. The summed E-state index contributed by atoms with van der Waals surface area (Å²) in [6.45, 7) is 3.69. The largest absolute Gasteiger partial charge is 0.366 e. The van der Waals surface area contributed by atoms with Crippen LogP contribution in [0.15, 0.2) is 49.0 Å². The third kappa shape index (κ3) is 1.62. The highest BCUT2D eigenvalue weighted by molar-refractivity contribution is 6.19. The molecule has 0 aliphatic heterocycles. The Balaban J connectivity index is 2.59. The van der Waals surface area contributed by atoms with Crippen molar-refractivity contribution in [2.75, 3.05) is 0 Å². The summed E-state index contributed by atoms with van der Waals surface area (Å²) < 4.78 is 0. The lowest BCUT2D eigenvalue weighted by molar-refractivity contribution is -0.112. The third-order valence-corrected chi connectivity index (χ3v) is 2.41. The molecule has 0 aromatic heterocycles. The van der Waals surface area contributed by atoms with E-state index in [2.05, 4.69) is 6.58 Å². The summed E-state index contributed by atoms with van der Waals surface area (Å²) in [4.78, 5) is 11.0. The quantitative estimate of drug-likeness (QED) is 0.737. The fraction of sp³-hybridized carbons (Fsp3) is 0. The molecule has 74 valence electrons. The Labute approximate surface area is 88.4 Å². The molecule has 2 nitrogen and oxygen atoms in total. The minimum Gasteiger partial charge on any atom is -0.366 e. The number of carbonyl (C=O) groups excluding carboxylic acids is 1. The number of fused-ring (bicyclic) bond motifs is 1. The fourth-order valence-corrected chi connectivity index (χ4v) is 1.61. The van der Waals surface area contributed by atoms with E-state index in [0.29, 0.717) is 5.57 Å². The van der Waals surface area contributed by atoms with E-state index >= 15 is 0 Å². The van der Waals surface area contributed by atoms with E-state index in [9.17, 15) is 4.79 Å². The summed E-state index contributed by atoms with van der Waals surface area (Å²) in [6.07, 6.45) is 0. The van der Waals surface area contributed by atoms with Gasteiger partial charge in [-0.3, -0.25) is 4.79 Å². The van der Waals surface area contributed by atoms with Crippen LogP contribution in [0.2, 0.25) is 0 Å². The van der Waals surface area contributed by atoms with E-state index in [4.69, 9.17) is 5.73 Å². The average Bonchev–Trinajstić information content (AvgIpc) is 2.46. The van der Waals surface area contributed by atoms with Crippen LogP contribution >= 0.6 is 0 Å². The van der Waals surface area contributed by atoms with Crippen LogP contribution in [0.5, 0.6) is 0 Å². The van der Waals surface area contributed by atoms with Gasteiger partial charge in [0, 0.05) is 5.57 Å². The number of rotatable bonds is 2. The van der Waals surface area contributed by atoms with Crippen LogP contribution in [0.25, 0.3) is 16.7 Å². The Morgan fingerprint density at radius 2 is 1.80 bits per heavy atom. The minimum atomic E-state index is -0.478. The molecule has 2 N–H and O–H groups in total. The van der Waals surface area contributed by atoms with Gasteiger partial charge in [0.05, 0.1) is 0 Å². The molecule has 15 heavy (non-hydrogen) atoms. The molecular formula is C13H11NO. The van der Waals surface area contributed by atoms with Crippen molar-refractivity contribution in [2.24, 2.45) is 5.73 Å². The van der Waals surface area contributed by atoms with Gasteiger partial charge in [0.1, 0.15) is 0 Å². The lowest BCUT2D eigenvalue weighted by Gasteiger charge is -2.01. The van der Waals surface area contributed by atoms with Crippen molar-refractivity contribution in [2.45, 2.75) is 0 Å². The van der Waals surface area contributed by atoms with Crippen LogP contribution in [-0.2, 0) is 4.79 Å². The van der Waals surface area contributed by atoms with Crippen molar-refractivity contribution in [1.82, 2.24) is 0 Å². The summed E-state index contributed by atoms with van der Waals surface area (Å²) in [5.74, 6) is -0.478. The van der Waals surface area contributed by atoms with Gasteiger partial charge in [-0.2, -0.15) is 0 Å². The van der Waals surface area contributed by atoms with E-state index in [1.165, 1.54) is 0 Å². The van der Waals surface area contributed by atoms with Gasteiger partial charge in [0.2, 0.25) is 5.91 Å². The lowest BCUT2D eigenvalue weighted by Crippen LogP contribution is -2.11. The van der Waals surface area contributed by atoms with E-state index in [0.717, 1.165) is 16.7 Å². The monoisotopic (exact) mass is 197 g/mol. The normalized spacial score (nSPS) is 10.1. The molecule has 0 saturated carbocycles. The second kappa shape index (κ2) is 3.58. The molecule has 2 aliphatic rings. The van der Waals surface area contributed by atoms with Crippen molar-refractivity contribution in [1.29, 1.82) is 0 Å². The molecule has 0 aromatic rings. The van der Waals surface area contributed by atoms with Gasteiger partial charge in [0.15, 0.2) is 0 Å². The molecule has 0 fully saturated rings. The summed E-state index contributed by atoms with van der Waals surface area (Å²) in [5, 5.41) is 0. The van der Waals surface area contributed by atoms with Crippen molar-refractivity contribution in [3.05, 3.63) is 54.6 Å². The fourth-order valence-electron chi connectivity index (χ4n) is 1.61. The highest BCUT2D eigenvalue weighted by atomic mass is 16.1. The summed E-state index contributed by atoms with van der Waals surface area (Å²) >= 11 is 0. The Morgan fingerprint density at radius 1 is 1.07 bits per heavy atom. The highest BCUT2D eigenvalue weighted by Crippen LogP contribution is 2.30. The summed E-state index contributed by atoms with van der Waals surface area (Å²) in [6, 6.07) is 13.6. The maximum Gasteiger partial charge on any atom is 0.248 e.